The van der Waals surface area contributed by atoms with Crippen LogP contribution in [-0.2, 0) is 6.54 Å². The van der Waals surface area contributed by atoms with Crippen LogP contribution in [0.4, 0.5) is 0 Å². The van der Waals surface area contributed by atoms with E-state index in [9.17, 15) is 4.79 Å². The van der Waals surface area contributed by atoms with Crippen LogP contribution in [0, 0.1) is 6.92 Å². The molecule has 0 spiro atoms. The van der Waals surface area contributed by atoms with Crippen LogP contribution in [0.1, 0.15) is 20.2 Å². The Morgan fingerprint density at radius 1 is 1.24 bits per heavy atom. The lowest BCUT2D eigenvalue weighted by Gasteiger charge is -2.07. The molecule has 0 unspecified atom stereocenters. The molecule has 0 aliphatic heterocycles. The van der Waals surface area contributed by atoms with Crippen molar-refractivity contribution in [2.45, 2.75) is 13.5 Å². The van der Waals surface area contributed by atoms with Crippen molar-refractivity contribution in [2.24, 2.45) is 0 Å². The van der Waals surface area contributed by atoms with Gasteiger partial charge in [0, 0.05) is 22.7 Å². The lowest BCUT2D eigenvalue weighted by molar-refractivity contribution is 0.0952. The summed E-state index contributed by atoms with van der Waals surface area (Å²) in [5.74, 6) is -0.165. The van der Waals surface area contributed by atoms with E-state index in [4.69, 9.17) is 11.6 Å². The molecule has 3 rings (SSSR count). The number of pyridine rings is 1. The molecule has 21 heavy (non-hydrogen) atoms. The van der Waals surface area contributed by atoms with E-state index in [0.29, 0.717) is 17.3 Å². The molecule has 0 saturated heterocycles. The number of hydrogen-bond acceptors (Lipinski definition) is 4. The summed E-state index contributed by atoms with van der Waals surface area (Å²) in [6.45, 7) is 2.40. The van der Waals surface area contributed by atoms with Gasteiger partial charge in [-0.05, 0) is 12.3 Å². The second kappa shape index (κ2) is 5.79. The van der Waals surface area contributed by atoms with Crippen LogP contribution in [0.3, 0.4) is 0 Å². The molecule has 2 aromatic heterocycles. The summed E-state index contributed by atoms with van der Waals surface area (Å²) in [4.78, 5) is 21.6. The summed E-state index contributed by atoms with van der Waals surface area (Å²) in [5.41, 5.74) is 0.524. The van der Waals surface area contributed by atoms with E-state index in [2.05, 4.69) is 15.3 Å². The van der Waals surface area contributed by atoms with Gasteiger partial charge in [-0.3, -0.25) is 4.79 Å². The molecular weight excluding hydrogens is 306 g/mol. The number of hydrogen-bond donors (Lipinski definition) is 1. The van der Waals surface area contributed by atoms with E-state index in [-0.39, 0.29) is 5.91 Å². The van der Waals surface area contributed by atoms with Crippen molar-refractivity contribution in [3.63, 3.8) is 0 Å². The predicted molar refractivity (Wildman–Crippen MR) is 84.8 cm³/mol. The molecule has 106 valence electrons. The minimum Gasteiger partial charge on any atom is -0.347 e. The lowest BCUT2D eigenvalue weighted by Crippen LogP contribution is -2.22. The smallest absolute Gasteiger partial charge is 0.253 e. The fourth-order valence-electron chi connectivity index (χ4n) is 2.09. The molecule has 0 aliphatic rings. The maximum Gasteiger partial charge on any atom is 0.253 e. The van der Waals surface area contributed by atoms with Gasteiger partial charge in [-0.25, -0.2) is 9.97 Å². The minimum absolute atomic E-state index is 0.165. The normalized spacial score (nSPS) is 10.8. The maximum atomic E-state index is 12.3. The van der Waals surface area contributed by atoms with Crippen LogP contribution in [0.25, 0.3) is 10.8 Å². The van der Waals surface area contributed by atoms with E-state index in [1.54, 1.807) is 17.5 Å². The molecule has 1 amide bonds. The van der Waals surface area contributed by atoms with E-state index in [0.717, 1.165) is 20.7 Å². The van der Waals surface area contributed by atoms with Crippen molar-refractivity contribution in [3.05, 3.63) is 57.3 Å². The SMILES string of the molecule is Cc1ncc(CNC(=O)c2cnc(Cl)c3ccccc23)s1. The number of thiazole rings is 1. The van der Waals surface area contributed by atoms with E-state index in [1.807, 2.05) is 31.2 Å². The zero-order valence-electron chi connectivity index (χ0n) is 11.3. The maximum absolute atomic E-state index is 12.3. The van der Waals surface area contributed by atoms with Gasteiger partial charge >= 0.3 is 0 Å². The Balaban J connectivity index is 1.86. The number of aromatic nitrogens is 2. The zero-order chi connectivity index (χ0) is 14.8. The third-order valence-electron chi connectivity index (χ3n) is 3.08. The van der Waals surface area contributed by atoms with Gasteiger partial charge in [-0.15, -0.1) is 11.3 Å². The van der Waals surface area contributed by atoms with Crippen LogP contribution in [-0.4, -0.2) is 15.9 Å². The van der Waals surface area contributed by atoms with Gasteiger partial charge in [0.1, 0.15) is 5.15 Å². The van der Waals surface area contributed by atoms with Crippen LogP contribution in [0.15, 0.2) is 36.7 Å². The number of aryl methyl sites for hydroxylation is 1. The summed E-state index contributed by atoms with van der Waals surface area (Å²) in [7, 11) is 0. The van der Waals surface area contributed by atoms with Crippen molar-refractivity contribution in [3.8, 4) is 0 Å². The van der Waals surface area contributed by atoms with Crippen molar-refractivity contribution in [1.29, 1.82) is 0 Å². The van der Waals surface area contributed by atoms with Crippen LogP contribution >= 0.6 is 22.9 Å². The number of amides is 1. The molecule has 2 heterocycles. The minimum atomic E-state index is -0.165. The molecule has 1 aromatic carbocycles. The number of nitrogens with zero attached hydrogens (tertiary/aromatic N) is 2. The van der Waals surface area contributed by atoms with Crippen molar-refractivity contribution in [2.75, 3.05) is 0 Å². The molecule has 0 bridgehead atoms. The zero-order valence-corrected chi connectivity index (χ0v) is 12.8. The molecule has 6 heteroatoms. The van der Waals surface area contributed by atoms with Gasteiger partial charge < -0.3 is 5.32 Å². The molecule has 0 aliphatic carbocycles. The van der Waals surface area contributed by atoms with Gasteiger partial charge in [-0.2, -0.15) is 0 Å². The summed E-state index contributed by atoms with van der Waals surface area (Å²) in [5, 5.41) is 5.86. The van der Waals surface area contributed by atoms with E-state index in [1.165, 1.54) is 6.20 Å². The summed E-state index contributed by atoms with van der Waals surface area (Å²) in [6, 6.07) is 7.47. The number of nitrogens with one attached hydrogen (secondary N) is 1. The Bertz CT molecular complexity index is 816. The summed E-state index contributed by atoms with van der Waals surface area (Å²) in [6.07, 6.45) is 3.29. The molecule has 0 fully saturated rings. The second-order valence-corrected chi connectivity index (χ2v) is 6.21. The van der Waals surface area contributed by atoms with Gasteiger partial charge in [0.15, 0.2) is 0 Å². The third-order valence-corrected chi connectivity index (χ3v) is 4.30. The Hall–Kier alpha value is -1.98. The first-order chi connectivity index (χ1) is 10.1. The first-order valence-electron chi connectivity index (χ1n) is 6.38. The van der Waals surface area contributed by atoms with E-state index < -0.39 is 0 Å². The first kappa shape index (κ1) is 14.0. The van der Waals surface area contributed by atoms with Gasteiger partial charge in [0.05, 0.1) is 17.1 Å². The molecule has 4 nitrogen and oxygen atoms in total. The molecule has 1 N–H and O–H groups in total. The van der Waals surface area contributed by atoms with Gasteiger partial charge in [-0.1, -0.05) is 35.9 Å². The monoisotopic (exact) mass is 317 g/mol. The predicted octanol–water partition coefficient (Wildman–Crippen LogP) is 3.58. The fraction of sp³-hybridized carbons (Fsp3) is 0.133. The van der Waals surface area contributed by atoms with Crippen LogP contribution in [0.2, 0.25) is 5.15 Å². The number of benzene rings is 1. The highest BCUT2D eigenvalue weighted by Crippen LogP contribution is 2.24. The first-order valence-corrected chi connectivity index (χ1v) is 7.57. The summed E-state index contributed by atoms with van der Waals surface area (Å²) >= 11 is 7.63. The second-order valence-electron chi connectivity index (χ2n) is 4.54. The lowest BCUT2D eigenvalue weighted by atomic mass is 10.1. The Morgan fingerprint density at radius 2 is 2.00 bits per heavy atom. The average molecular weight is 318 g/mol. The standard InChI is InChI=1S/C15H12ClN3OS/c1-9-17-6-10(21-9)7-19-15(20)13-8-18-14(16)12-5-3-2-4-11(12)13/h2-6,8H,7H2,1H3,(H,19,20). The highest BCUT2D eigenvalue weighted by molar-refractivity contribution is 7.11. The van der Waals surface area contributed by atoms with Crippen molar-refractivity contribution in [1.82, 2.24) is 15.3 Å². The fourth-order valence-corrected chi connectivity index (χ4v) is 3.04. The molecule has 0 radical (unpaired) electrons. The van der Waals surface area contributed by atoms with Gasteiger partial charge in [0.25, 0.3) is 5.91 Å². The Morgan fingerprint density at radius 3 is 2.71 bits per heavy atom. The quantitative estimate of drug-likeness (QED) is 0.751. The number of rotatable bonds is 3. The number of carbonyl (C=O) groups excluding carboxylic acids is 1. The number of halogens is 1. The summed E-state index contributed by atoms with van der Waals surface area (Å²) < 4.78 is 0. The number of fused-ring (bicyclic) bond motifs is 1. The third kappa shape index (κ3) is 2.89. The Kier molecular flexibility index (Phi) is 3.86. The van der Waals surface area contributed by atoms with Crippen molar-refractivity contribution < 1.29 is 4.79 Å². The van der Waals surface area contributed by atoms with Gasteiger partial charge in [0.2, 0.25) is 0 Å². The Labute approximate surface area is 130 Å². The van der Waals surface area contributed by atoms with Crippen LogP contribution in [0.5, 0.6) is 0 Å². The highest BCUT2D eigenvalue weighted by Gasteiger charge is 2.12. The van der Waals surface area contributed by atoms with Crippen molar-refractivity contribution >= 4 is 39.6 Å². The highest BCUT2D eigenvalue weighted by atomic mass is 35.5. The molecule has 3 aromatic rings. The number of carbonyl (C=O) groups is 1. The average Bonchev–Trinajstić information content (AvgIpc) is 2.91. The van der Waals surface area contributed by atoms with Crippen LogP contribution < -0.4 is 5.32 Å². The molecular formula is C15H12ClN3OS. The molecule has 0 atom stereocenters. The topological polar surface area (TPSA) is 54.9 Å². The molecule has 0 saturated carbocycles. The largest absolute Gasteiger partial charge is 0.347 e. The van der Waals surface area contributed by atoms with E-state index >= 15 is 0 Å².